The number of carbonyl (C=O) groups excluding carboxylic acids is 1. The first-order valence-corrected chi connectivity index (χ1v) is 9.27. The van der Waals surface area contributed by atoms with Gasteiger partial charge in [-0.1, -0.05) is 30.3 Å². The number of para-hydroxylation sites is 1. The van der Waals surface area contributed by atoms with E-state index in [1.165, 1.54) is 5.56 Å². The fourth-order valence-electron chi connectivity index (χ4n) is 2.88. The van der Waals surface area contributed by atoms with Crippen LogP contribution in [0.25, 0.3) is 0 Å². The van der Waals surface area contributed by atoms with Crippen molar-refractivity contribution in [3.8, 4) is 5.75 Å². The van der Waals surface area contributed by atoms with Crippen LogP contribution in [0, 0.1) is 0 Å². The van der Waals surface area contributed by atoms with E-state index in [0.717, 1.165) is 17.9 Å². The summed E-state index contributed by atoms with van der Waals surface area (Å²) in [6.07, 6.45) is 3.95. The molecule has 0 saturated carbocycles. The second-order valence-corrected chi connectivity index (χ2v) is 6.21. The maximum atomic E-state index is 12.8. The lowest BCUT2D eigenvalue weighted by atomic mass is 10.1. The zero-order valence-corrected chi connectivity index (χ0v) is 16.1. The summed E-state index contributed by atoms with van der Waals surface area (Å²) in [6.45, 7) is 3.20. The Morgan fingerprint density at radius 2 is 1.82 bits per heavy atom. The van der Waals surface area contributed by atoms with Gasteiger partial charge in [0.05, 0.1) is 12.7 Å². The van der Waals surface area contributed by atoms with E-state index in [1.807, 2.05) is 55.5 Å². The van der Waals surface area contributed by atoms with Crippen LogP contribution >= 0.6 is 0 Å². The number of carbonyl (C=O) groups is 1. The number of rotatable bonds is 8. The highest BCUT2D eigenvalue weighted by Gasteiger charge is 2.16. The number of hydrogen-bond donors (Lipinski definition) is 1. The van der Waals surface area contributed by atoms with Crippen molar-refractivity contribution in [2.75, 3.05) is 30.4 Å². The molecule has 0 radical (unpaired) electrons. The number of nitrogens with one attached hydrogen (secondary N) is 1. The lowest BCUT2D eigenvalue weighted by molar-refractivity contribution is 0.0987. The van der Waals surface area contributed by atoms with E-state index in [0.29, 0.717) is 24.6 Å². The molecule has 0 aliphatic rings. The molecule has 1 aromatic heterocycles. The van der Waals surface area contributed by atoms with E-state index in [-0.39, 0.29) is 5.91 Å². The maximum absolute atomic E-state index is 12.8. The maximum Gasteiger partial charge on any atom is 0.261 e. The third kappa shape index (κ3) is 4.85. The van der Waals surface area contributed by atoms with Gasteiger partial charge < -0.3 is 15.0 Å². The summed E-state index contributed by atoms with van der Waals surface area (Å²) in [5.74, 6) is 1.23. The number of methoxy groups -OCH3 is 1. The van der Waals surface area contributed by atoms with Crippen LogP contribution in [0.5, 0.6) is 5.75 Å². The summed E-state index contributed by atoms with van der Waals surface area (Å²) in [6, 6.07) is 17.5. The van der Waals surface area contributed by atoms with E-state index >= 15 is 0 Å². The van der Waals surface area contributed by atoms with Crippen molar-refractivity contribution in [3.05, 3.63) is 78.1 Å². The summed E-state index contributed by atoms with van der Waals surface area (Å²) in [7, 11) is 1.66. The Morgan fingerprint density at radius 1 is 1.07 bits per heavy atom. The van der Waals surface area contributed by atoms with E-state index < -0.39 is 0 Å². The SMILES string of the molecule is CCN(C(=O)c1cnc(NCCc2cccc(OC)c2)nc1)c1ccccc1. The molecule has 0 aliphatic carbocycles. The average molecular weight is 376 g/mol. The molecule has 0 spiro atoms. The van der Waals surface area contributed by atoms with Crippen LogP contribution in [0.3, 0.4) is 0 Å². The molecule has 1 N–H and O–H groups in total. The quantitative estimate of drug-likeness (QED) is 0.648. The lowest BCUT2D eigenvalue weighted by Gasteiger charge is -2.20. The van der Waals surface area contributed by atoms with Gasteiger partial charge in [-0.2, -0.15) is 0 Å². The molecule has 28 heavy (non-hydrogen) atoms. The fourth-order valence-corrected chi connectivity index (χ4v) is 2.88. The average Bonchev–Trinajstić information content (AvgIpc) is 2.75. The molecule has 1 amide bonds. The van der Waals surface area contributed by atoms with Gasteiger partial charge in [-0.3, -0.25) is 4.79 Å². The Balaban J connectivity index is 1.59. The molecule has 3 aromatic rings. The second kappa shape index (κ2) is 9.50. The molecular weight excluding hydrogens is 352 g/mol. The summed E-state index contributed by atoms with van der Waals surface area (Å²) >= 11 is 0. The number of amides is 1. The Hall–Kier alpha value is -3.41. The van der Waals surface area contributed by atoms with Crippen LogP contribution < -0.4 is 15.0 Å². The van der Waals surface area contributed by atoms with Crippen LogP contribution in [-0.2, 0) is 6.42 Å². The monoisotopic (exact) mass is 376 g/mol. The van der Waals surface area contributed by atoms with Crippen molar-refractivity contribution in [2.45, 2.75) is 13.3 Å². The first-order chi connectivity index (χ1) is 13.7. The van der Waals surface area contributed by atoms with Gasteiger partial charge in [-0.05, 0) is 43.2 Å². The van der Waals surface area contributed by atoms with E-state index in [1.54, 1.807) is 24.4 Å². The summed E-state index contributed by atoms with van der Waals surface area (Å²) in [5, 5.41) is 3.18. The Bertz CT molecular complexity index is 898. The second-order valence-electron chi connectivity index (χ2n) is 6.21. The molecule has 3 rings (SSSR count). The first-order valence-electron chi connectivity index (χ1n) is 9.27. The van der Waals surface area contributed by atoms with Gasteiger partial charge in [-0.15, -0.1) is 0 Å². The Labute approximate surface area is 165 Å². The van der Waals surface area contributed by atoms with Crippen LogP contribution in [0.1, 0.15) is 22.8 Å². The largest absolute Gasteiger partial charge is 0.497 e. The number of nitrogens with zero attached hydrogens (tertiary/aromatic N) is 3. The van der Waals surface area contributed by atoms with Crippen molar-refractivity contribution >= 4 is 17.5 Å². The van der Waals surface area contributed by atoms with Gasteiger partial charge >= 0.3 is 0 Å². The molecule has 144 valence electrons. The summed E-state index contributed by atoms with van der Waals surface area (Å²) in [5.41, 5.74) is 2.49. The van der Waals surface area contributed by atoms with Gasteiger partial charge in [0.2, 0.25) is 5.95 Å². The summed E-state index contributed by atoms with van der Waals surface area (Å²) < 4.78 is 5.23. The van der Waals surface area contributed by atoms with Crippen molar-refractivity contribution < 1.29 is 9.53 Å². The minimum absolute atomic E-state index is 0.114. The highest BCUT2D eigenvalue weighted by molar-refractivity contribution is 6.05. The minimum atomic E-state index is -0.114. The molecule has 0 fully saturated rings. The molecule has 2 aromatic carbocycles. The molecule has 6 nitrogen and oxygen atoms in total. The van der Waals surface area contributed by atoms with E-state index in [2.05, 4.69) is 21.4 Å². The summed E-state index contributed by atoms with van der Waals surface area (Å²) in [4.78, 5) is 23.0. The van der Waals surface area contributed by atoms with Crippen molar-refractivity contribution in [2.24, 2.45) is 0 Å². The highest BCUT2D eigenvalue weighted by Crippen LogP contribution is 2.16. The molecule has 0 atom stereocenters. The van der Waals surface area contributed by atoms with Gasteiger partial charge in [0.1, 0.15) is 5.75 Å². The molecule has 0 unspecified atom stereocenters. The Kier molecular flexibility index (Phi) is 6.57. The molecule has 1 heterocycles. The predicted octanol–water partition coefficient (Wildman–Crippen LogP) is 3.81. The van der Waals surface area contributed by atoms with E-state index in [4.69, 9.17) is 4.74 Å². The number of hydrogen-bond acceptors (Lipinski definition) is 5. The van der Waals surface area contributed by atoms with Crippen LogP contribution in [0.2, 0.25) is 0 Å². The van der Waals surface area contributed by atoms with Gasteiger partial charge in [-0.25, -0.2) is 9.97 Å². The van der Waals surface area contributed by atoms with Gasteiger partial charge in [0.15, 0.2) is 0 Å². The van der Waals surface area contributed by atoms with Gasteiger partial charge in [0, 0.05) is 31.2 Å². The third-order valence-corrected chi connectivity index (χ3v) is 4.36. The number of aromatic nitrogens is 2. The normalized spacial score (nSPS) is 10.4. The number of ether oxygens (including phenoxy) is 1. The minimum Gasteiger partial charge on any atom is -0.497 e. The molecular formula is C22H24N4O2. The molecule has 6 heteroatoms. The standard InChI is InChI=1S/C22H24N4O2/c1-3-26(19-9-5-4-6-10-19)21(27)18-15-24-22(25-16-18)23-13-12-17-8-7-11-20(14-17)28-2/h4-11,14-16H,3,12-13H2,1-2H3,(H,23,24,25). The Morgan fingerprint density at radius 3 is 2.50 bits per heavy atom. The van der Waals surface area contributed by atoms with Crippen molar-refractivity contribution in [1.29, 1.82) is 0 Å². The van der Waals surface area contributed by atoms with Crippen molar-refractivity contribution in [3.63, 3.8) is 0 Å². The van der Waals surface area contributed by atoms with Crippen LogP contribution in [0.15, 0.2) is 67.0 Å². The molecule has 0 saturated heterocycles. The zero-order chi connectivity index (χ0) is 19.8. The molecule has 0 bridgehead atoms. The first kappa shape index (κ1) is 19.4. The zero-order valence-electron chi connectivity index (χ0n) is 16.1. The number of anilines is 2. The van der Waals surface area contributed by atoms with E-state index in [9.17, 15) is 4.79 Å². The van der Waals surface area contributed by atoms with Crippen LogP contribution in [0.4, 0.5) is 11.6 Å². The number of benzene rings is 2. The van der Waals surface area contributed by atoms with Crippen molar-refractivity contribution in [1.82, 2.24) is 9.97 Å². The van der Waals surface area contributed by atoms with Gasteiger partial charge in [0.25, 0.3) is 5.91 Å². The third-order valence-electron chi connectivity index (χ3n) is 4.36. The molecule has 0 aliphatic heterocycles. The lowest BCUT2D eigenvalue weighted by Crippen LogP contribution is -2.30. The fraction of sp³-hybridized carbons (Fsp3) is 0.227. The predicted molar refractivity (Wildman–Crippen MR) is 111 cm³/mol. The highest BCUT2D eigenvalue weighted by atomic mass is 16.5. The van der Waals surface area contributed by atoms with Crippen LogP contribution in [-0.4, -0.2) is 36.1 Å². The topological polar surface area (TPSA) is 67.4 Å². The smallest absolute Gasteiger partial charge is 0.261 e.